The Kier molecular flexibility index (Phi) is 7.25. The summed E-state index contributed by atoms with van der Waals surface area (Å²) >= 11 is 9.90. The highest BCUT2D eigenvalue weighted by atomic mass is 79.9. The van der Waals surface area contributed by atoms with Crippen LogP contribution in [0.5, 0.6) is 0 Å². The summed E-state index contributed by atoms with van der Waals surface area (Å²) in [6.07, 6.45) is 3.13. The van der Waals surface area contributed by atoms with Crippen molar-refractivity contribution in [3.05, 3.63) is 88.5 Å². The Bertz CT molecular complexity index is 1660. The number of halogens is 2. The number of aromatic nitrogens is 3. The van der Waals surface area contributed by atoms with Crippen LogP contribution in [0.2, 0.25) is 5.02 Å². The third-order valence-corrected chi connectivity index (χ3v) is 8.16. The highest BCUT2D eigenvalue weighted by molar-refractivity contribution is 9.10. The minimum absolute atomic E-state index is 0.273. The van der Waals surface area contributed by atoms with Crippen LogP contribution < -0.4 is 10.0 Å². The van der Waals surface area contributed by atoms with Gasteiger partial charge in [0, 0.05) is 29.7 Å². The average molecular weight is 585 g/mol. The van der Waals surface area contributed by atoms with Crippen molar-refractivity contribution >= 4 is 59.8 Å². The maximum absolute atomic E-state index is 12.7. The number of sulfonamides is 1. The van der Waals surface area contributed by atoms with Crippen LogP contribution in [0, 0.1) is 0 Å². The number of anilines is 1. The average Bonchev–Trinajstić information content (AvgIpc) is 3.26. The lowest BCUT2D eigenvalue weighted by molar-refractivity contribution is 0.577. The van der Waals surface area contributed by atoms with Crippen molar-refractivity contribution in [3.63, 3.8) is 0 Å². The van der Waals surface area contributed by atoms with Crippen molar-refractivity contribution in [2.75, 3.05) is 18.4 Å². The summed E-state index contributed by atoms with van der Waals surface area (Å²) in [4.78, 5) is 4.98. The highest BCUT2D eigenvalue weighted by Gasteiger charge is 2.15. The zero-order valence-electron chi connectivity index (χ0n) is 19.2. The number of unbranched alkanes of at least 4 members (excludes halogenated alkanes) is 1. The minimum atomic E-state index is -3.57. The maximum atomic E-state index is 12.7. The van der Waals surface area contributed by atoms with Crippen molar-refractivity contribution in [1.82, 2.24) is 19.3 Å². The van der Waals surface area contributed by atoms with Crippen LogP contribution in [0.25, 0.3) is 27.7 Å². The molecule has 0 amide bonds. The minimum Gasteiger partial charge on any atom is -0.370 e. The van der Waals surface area contributed by atoms with E-state index in [0.29, 0.717) is 30.2 Å². The Morgan fingerprint density at radius 2 is 1.67 bits per heavy atom. The molecule has 0 saturated carbocycles. The molecule has 0 fully saturated rings. The number of hydrogen-bond acceptors (Lipinski definition) is 5. The first-order valence-corrected chi connectivity index (χ1v) is 14.1. The highest BCUT2D eigenvalue weighted by Crippen LogP contribution is 2.30. The largest absolute Gasteiger partial charge is 0.370 e. The molecule has 3 aromatic carbocycles. The van der Waals surface area contributed by atoms with Crippen LogP contribution in [0.3, 0.4) is 0 Å². The lowest BCUT2D eigenvalue weighted by atomic mass is 10.1. The predicted octanol–water partition coefficient (Wildman–Crippen LogP) is 6.14. The molecule has 0 aliphatic heterocycles. The molecule has 0 saturated heterocycles. The molecule has 5 aromatic rings. The molecule has 0 aliphatic carbocycles. The fourth-order valence-electron chi connectivity index (χ4n) is 3.96. The van der Waals surface area contributed by atoms with Crippen molar-refractivity contribution in [3.8, 4) is 11.3 Å². The SMILES string of the molecule is O=S(=O)(NCCCCNc1cc(-c2ccccc2Cl)nc2c(Br)cnn12)c1ccc2ccccc2c1. The molecule has 0 radical (unpaired) electrons. The Morgan fingerprint density at radius 3 is 2.50 bits per heavy atom. The van der Waals surface area contributed by atoms with Gasteiger partial charge in [0.25, 0.3) is 0 Å². The molecule has 5 rings (SSSR count). The van der Waals surface area contributed by atoms with Gasteiger partial charge >= 0.3 is 0 Å². The summed E-state index contributed by atoms with van der Waals surface area (Å²) in [5.41, 5.74) is 2.25. The second-order valence-corrected chi connectivity index (χ2v) is 11.3. The van der Waals surface area contributed by atoms with Crippen LogP contribution in [-0.4, -0.2) is 36.1 Å². The second-order valence-electron chi connectivity index (χ2n) is 8.28. The Hall–Kier alpha value is -2.98. The van der Waals surface area contributed by atoms with Gasteiger partial charge in [-0.25, -0.2) is 18.1 Å². The molecule has 2 aromatic heterocycles. The summed E-state index contributed by atoms with van der Waals surface area (Å²) < 4.78 is 30.6. The second kappa shape index (κ2) is 10.6. The lowest BCUT2D eigenvalue weighted by Gasteiger charge is -2.12. The predicted molar refractivity (Wildman–Crippen MR) is 148 cm³/mol. The van der Waals surface area contributed by atoms with E-state index in [1.807, 2.05) is 60.7 Å². The van der Waals surface area contributed by atoms with Gasteiger partial charge in [0.2, 0.25) is 10.0 Å². The van der Waals surface area contributed by atoms with Gasteiger partial charge in [-0.2, -0.15) is 9.61 Å². The number of hydrogen-bond donors (Lipinski definition) is 2. The standard InChI is InChI=1S/C26H23BrClN5O2S/c27-22-17-30-33-25(16-24(32-26(22)33)21-9-3-4-10-23(21)28)29-13-5-6-14-31-36(34,35)20-12-11-18-7-1-2-8-19(18)15-20/h1-4,7-12,15-17,29,31H,5-6,13-14H2. The molecule has 0 bridgehead atoms. The van der Waals surface area contributed by atoms with Gasteiger partial charge in [0.1, 0.15) is 5.82 Å². The monoisotopic (exact) mass is 583 g/mol. The summed E-state index contributed by atoms with van der Waals surface area (Å²) in [6.45, 7) is 0.983. The first kappa shape index (κ1) is 24.7. The van der Waals surface area contributed by atoms with E-state index < -0.39 is 10.0 Å². The summed E-state index contributed by atoms with van der Waals surface area (Å²) in [5, 5.41) is 10.3. The number of rotatable bonds is 9. The van der Waals surface area contributed by atoms with Crippen LogP contribution in [0.15, 0.2) is 88.4 Å². The maximum Gasteiger partial charge on any atom is 0.240 e. The summed E-state index contributed by atoms with van der Waals surface area (Å²) in [7, 11) is -3.57. The Balaban J connectivity index is 1.21. The summed E-state index contributed by atoms with van der Waals surface area (Å²) in [5.74, 6) is 0.775. The van der Waals surface area contributed by atoms with Gasteiger partial charge in [-0.05, 0) is 57.7 Å². The zero-order chi connectivity index (χ0) is 25.1. The third-order valence-electron chi connectivity index (χ3n) is 5.81. The quantitative estimate of drug-likeness (QED) is 0.203. The van der Waals surface area contributed by atoms with Crippen molar-refractivity contribution in [2.45, 2.75) is 17.7 Å². The Morgan fingerprint density at radius 1 is 0.917 bits per heavy atom. The van der Waals surface area contributed by atoms with E-state index in [2.05, 4.69) is 31.1 Å². The molecule has 0 atom stereocenters. The third kappa shape index (κ3) is 5.24. The molecule has 0 aliphatic rings. The van der Waals surface area contributed by atoms with E-state index in [1.165, 1.54) is 0 Å². The fourth-order valence-corrected chi connectivity index (χ4v) is 5.65. The smallest absolute Gasteiger partial charge is 0.240 e. The van der Waals surface area contributed by atoms with E-state index >= 15 is 0 Å². The molecule has 36 heavy (non-hydrogen) atoms. The van der Waals surface area contributed by atoms with Crippen molar-refractivity contribution in [2.24, 2.45) is 0 Å². The molecular formula is C26H23BrClN5O2S. The molecule has 184 valence electrons. The molecular weight excluding hydrogens is 562 g/mol. The van der Waals surface area contributed by atoms with Gasteiger partial charge in [-0.15, -0.1) is 0 Å². The Labute approximate surface area is 222 Å². The number of fused-ring (bicyclic) bond motifs is 2. The summed E-state index contributed by atoms with van der Waals surface area (Å²) in [6, 6.07) is 22.3. The number of nitrogens with one attached hydrogen (secondary N) is 2. The first-order valence-electron chi connectivity index (χ1n) is 11.4. The fraction of sp³-hybridized carbons (Fsp3) is 0.154. The van der Waals surface area contributed by atoms with Gasteiger partial charge in [-0.3, -0.25) is 0 Å². The van der Waals surface area contributed by atoms with E-state index in [-0.39, 0.29) is 4.90 Å². The van der Waals surface area contributed by atoms with Crippen LogP contribution >= 0.6 is 27.5 Å². The van der Waals surface area contributed by atoms with Crippen LogP contribution in [0.1, 0.15) is 12.8 Å². The topological polar surface area (TPSA) is 88.4 Å². The van der Waals surface area contributed by atoms with Gasteiger partial charge in [0.05, 0.1) is 21.3 Å². The molecule has 10 heteroatoms. The first-order chi connectivity index (χ1) is 17.4. The molecule has 2 heterocycles. The molecule has 0 unspecified atom stereocenters. The molecule has 7 nitrogen and oxygen atoms in total. The van der Waals surface area contributed by atoms with E-state index in [4.69, 9.17) is 16.6 Å². The number of benzene rings is 3. The zero-order valence-corrected chi connectivity index (χ0v) is 22.3. The van der Waals surface area contributed by atoms with Crippen LogP contribution in [-0.2, 0) is 10.0 Å². The van der Waals surface area contributed by atoms with Gasteiger partial charge in [0.15, 0.2) is 5.65 Å². The van der Waals surface area contributed by atoms with E-state index in [0.717, 1.165) is 38.7 Å². The lowest BCUT2D eigenvalue weighted by Crippen LogP contribution is -2.25. The van der Waals surface area contributed by atoms with Gasteiger partial charge in [-0.1, -0.05) is 60.1 Å². The van der Waals surface area contributed by atoms with Crippen LogP contribution in [0.4, 0.5) is 5.82 Å². The van der Waals surface area contributed by atoms with Crippen molar-refractivity contribution < 1.29 is 8.42 Å². The van der Waals surface area contributed by atoms with E-state index in [1.54, 1.807) is 22.8 Å². The molecule has 0 spiro atoms. The van der Waals surface area contributed by atoms with Gasteiger partial charge < -0.3 is 5.32 Å². The van der Waals surface area contributed by atoms with Crippen molar-refractivity contribution in [1.29, 1.82) is 0 Å². The normalized spacial score (nSPS) is 11.8. The van der Waals surface area contributed by atoms with E-state index in [9.17, 15) is 8.42 Å². The number of nitrogens with zero attached hydrogens (tertiary/aromatic N) is 3. The molecule has 2 N–H and O–H groups in total.